The number of carbonyl (C=O) groups is 2. The first-order valence-corrected chi connectivity index (χ1v) is 10.6. The predicted octanol–water partition coefficient (Wildman–Crippen LogP) is 1.83. The van der Waals surface area contributed by atoms with Crippen molar-refractivity contribution in [1.82, 2.24) is 30.0 Å². The number of ether oxygens (including phenoxy) is 1. The number of rotatable bonds is 6. The number of fused-ring (bicyclic) bond motifs is 1. The van der Waals surface area contributed by atoms with Crippen molar-refractivity contribution in [2.45, 2.75) is 32.8 Å². The van der Waals surface area contributed by atoms with Crippen molar-refractivity contribution in [1.29, 1.82) is 0 Å². The van der Waals surface area contributed by atoms with Gasteiger partial charge in [0.2, 0.25) is 0 Å². The Morgan fingerprint density at radius 2 is 2.06 bits per heavy atom. The Morgan fingerprint density at radius 3 is 2.82 bits per heavy atom. The molecule has 1 aromatic carbocycles. The van der Waals surface area contributed by atoms with Crippen LogP contribution in [0.4, 0.5) is 10.6 Å². The number of nitrogens with zero attached hydrogens (tertiary/aromatic N) is 6. The van der Waals surface area contributed by atoms with Crippen molar-refractivity contribution < 1.29 is 19.2 Å². The summed E-state index contributed by atoms with van der Waals surface area (Å²) in [5, 5.41) is 11.1. The zero-order valence-corrected chi connectivity index (χ0v) is 18.7. The number of nitrogens with one attached hydrogen (secondary N) is 1. The molecule has 1 aliphatic heterocycles. The van der Waals surface area contributed by atoms with Crippen LogP contribution in [-0.4, -0.2) is 67.3 Å². The first kappa shape index (κ1) is 22.2. The van der Waals surface area contributed by atoms with Gasteiger partial charge in [-0.05, 0) is 50.5 Å². The summed E-state index contributed by atoms with van der Waals surface area (Å²) >= 11 is 0. The fourth-order valence-corrected chi connectivity index (χ4v) is 3.45. The number of primary amides is 1. The van der Waals surface area contributed by atoms with E-state index in [1.54, 1.807) is 17.0 Å². The molecule has 3 N–H and O–H groups in total. The molecule has 1 atom stereocenters. The first-order valence-electron chi connectivity index (χ1n) is 10.6. The third kappa shape index (κ3) is 5.27. The topological polar surface area (TPSA) is 150 Å². The molecule has 0 radical (unpaired) electrons. The molecule has 2 amide bonds. The number of carbonyl (C=O) groups excluding carboxylic acids is 2. The van der Waals surface area contributed by atoms with Crippen LogP contribution in [0.3, 0.4) is 0 Å². The van der Waals surface area contributed by atoms with Gasteiger partial charge in [-0.25, -0.2) is 9.78 Å². The van der Waals surface area contributed by atoms with Crippen LogP contribution in [0.25, 0.3) is 11.0 Å². The molecular formula is C21H26N8O4. The third-order valence-electron chi connectivity index (χ3n) is 5.02. The van der Waals surface area contributed by atoms with E-state index in [1.165, 1.54) is 11.0 Å². The molecule has 3 aromatic rings. The molecule has 1 unspecified atom stereocenters. The molecule has 0 bridgehead atoms. The van der Waals surface area contributed by atoms with E-state index in [9.17, 15) is 9.59 Å². The van der Waals surface area contributed by atoms with Crippen LogP contribution in [0, 0.1) is 5.92 Å². The third-order valence-corrected chi connectivity index (χ3v) is 5.02. The van der Waals surface area contributed by atoms with Crippen LogP contribution in [-0.2, 0) is 4.74 Å². The quantitative estimate of drug-likeness (QED) is 0.568. The molecule has 12 heteroatoms. The number of aromatic nitrogens is 5. The summed E-state index contributed by atoms with van der Waals surface area (Å²) in [5.41, 5.74) is 6.36. The van der Waals surface area contributed by atoms with Crippen LogP contribution in [0.2, 0.25) is 0 Å². The molecule has 2 aromatic heterocycles. The number of anilines is 1. The molecule has 1 aliphatic rings. The number of amides is 2. The summed E-state index contributed by atoms with van der Waals surface area (Å²) in [6.45, 7) is 7.11. The maximum atomic E-state index is 12.3. The largest absolute Gasteiger partial charge is 0.444 e. The van der Waals surface area contributed by atoms with Crippen molar-refractivity contribution >= 4 is 28.9 Å². The maximum absolute atomic E-state index is 12.3. The Kier molecular flexibility index (Phi) is 5.99. The number of likely N-dealkylation sites (tertiary alicyclic amines) is 1. The second kappa shape index (κ2) is 8.88. The van der Waals surface area contributed by atoms with Gasteiger partial charge in [0.05, 0.1) is 0 Å². The molecular weight excluding hydrogens is 428 g/mol. The molecule has 0 spiro atoms. The van der Waals surface area contributed by atoms with Gasteiger partial charge in [-0.1, -0.05) is 17.0 Å². The van der Waals surface area contributed by atoms with Crippen LogP contribution in [0.1, 0.15) is 37.6 Å². The lowest BCUT2D eigenvalue weighted by atomic mass is 10.1. The minimum atomic E-state index is -0.669. The molecule has 174 valence electrons. The van der Waals surface area contributed by atoms with E-state index in [4.69, 9.17) is 15.3 Å². The minimum Gasteiger partial charge on any atom is -0.444 e. The fraction of sp³-hybridized carbons (Fsp3) is 0.429. The van der Waals surface area contributed by atoms with Crippen LogP contribution >= 0.6 is 0 Å². The maximum Gasteiger partial charge on any atom is 0.410 e. The Balaban J connectivity index is 1.44. The summed E-state index contributed by atoms with van der Waals surface area (Å²) in [6.07, 6.45) is 1.76. The van der Waals surface area contributed by atoms with E-state index in [2.05, 4.69) is 25.6 Å². The average Bonchev–Trinajstić information content (AvgIpc) is 3.39. The molecule has 3 heterocycles. The van der Waals surface area contributed by atoms with Gasteiger partial charge in [-0.15, -0.1) is 5.10 Å². The van der Waals surface area contributed by atoms with Gasteiger partial charge in [0, 0.05) is 25.8 Å². The van der Waals surface area contributed by atoms with E-state index in [0.717, 1.165) is 6.42 Å². The SMILES string of the molecule is CC(C)(C)OC(=O)N1CCC(CNc2nc(On3nnc4ccccc43)ncc2C(N)=O)C1. The van der Waals surface area contributed by atoms with E-state index in [-0.39, 0.29) is 29.4 Å². The highest BCUT2D eigenvalue weighted by atomic mass is 16.7. The number of hydrogen-bond donors (Lipinski definition) is 2. The van der Waals surface area contributed by atoms with Gasteiger partial charge in [-0.2, -0.15) is 4.98 Å². The fourth-order valence-electron chi connectivity index (χ4n) is 3.45. The van der Waals surface area contributed by atoms with Crippen molar-refractivity contribution in [2.75, 3.05) is 25.0 Å². The normalized spacial score (nSPS) is 16.1. The molecule has 0 aliphatic carbocycles. The number of para-hydroxylation sites is 1. The summed E-state index contributed by atoms with van der Waals surface area (Å²) in [6, 6.07) is 7.24. The van der Waals surface area contributed by atoms with Gasteiger partial charge in [0.15, 0.2) is 0 Å². The zero-order valence-electron chi connectivity index (χ0n) is 18.7. The van der Waals surface area contributed by atoms with Crippen molar-refractivity contribution in [3.8, 4) is 6.01 Å². The number of benzene rings is 1. The number of nitrogens with two attached hydrogens (primary N) is 1. The smallest absolute Gasteiger partial charge is 0.410 e. The van der Waals surface area contributed by atoms with Crippen LogP contribution < -0.4 is 15.9 Å². The van der Waals surface area contributed by atoms with Gasteiger partial charge in [-0.3, -0.25) is 4.79 Å². The first-order chi connectivity index (χ1) is 15.7. The average molecular weight is 454 g/mol. The monoisotopic (exact) mass is 454 g/mol. The highest BCUT2D eigenvalue weighted by Gasteiger charge is 2.30. The van der Waals surface area contributed by atoms with Gasteiger partial charge < -0.3 is 25.5 Å². The van der Waals surface area contributed by atoms with Gasteiger partial charge in [0.1, 0.15) is 28.0 Å². The van der Waals surface area contributed by atoms with Crippen LogP contribution in [0.15, 0.2) is 30.5 Å². The lowest BCUT2D eigenvalue weighted by molar-refractivity contribution is 0.0289. The lowest BCUT2D eigenvalue weighted by Gasteiger charge is -2.24. The second-order valence-corrected chi connectivity index (χ2v) is 8.78. The standard InChI is InChI=1S/C21H26N8O4/c1-21(2,3)32-20(31)28-9-8-13(12-28)10-23-18-14(17(22)30)11-24-19(25-18)33-29-16-7-5-4-6-15(16)26-27-29/h4-7,11,13H,8-10,12H2,1-3H3,(H2,22,30)(H,23,24,25). The summed E-state index contributed by atoms with van der Waals surface area (Å²) in [7, 11) is 0. The second-order valence-electron chi connectivity index (χ2n) is 8.78. The molecule has 12 nitrogen and oxygen atoms in total. The minimum absolute atomic E-state index is 0.0278. The summed E-state index contributed by atoms with van der Waals surface area (Å²) < 4.78 is 5.43. The van der Waals surface area contributed by atoms with Gasteiger partial charge in [0.25, 0.3) is 5.91 Å². The van der Waals surface area contributed by atoms with Crippen molar-refractivity contribution in [3.05, 3.63) is 36.0 Å². The van der Waals surface area contributed by atoms with E-state index < -0.39 is 11.5 Å². The molecule has 1 fully saturated rings. The Hall–Kier alpha value is -3.96. The van der Waals surface area contributed by atoms with Crippen molar-refractivity contribution in [2.24, 2.45) is 11.7 Å². The van der Waals surface area contributed by atoms with Crippen molar-refractivity contribution in [3.63, 3.8) is 0 Å². The van der Waals surface area contributed by atoms with E-state index in [0.29, 0.717) is 30.7 Å². The Labute approximate surface area is 190 Å². The summed E-state index contributed by atoms with van der Waals surface area (Å²) in [4.78, 5) is 41.0. The molecule has 1 saturated heterocycles. The highest BCUT2D eigenvalue weighted by Crippen LogP contribution is 2.22. The van der Waals surface area contributed by atoms with Crippen LogP contribution in [0.5, 0.6) is 6.01 Å². The molecule has 33 heavy (non-hydrogen) atoms. The zero-order chi connectivity index (χ0) is 23.6. The van der Waals surface area contributed by atoms with E-state index >= 15 is 0 Å². The van der Waals surface area contributed by atoms with Gasteiger partial charge >= 0.3 is 12.1 Å². The number of hydrogen-bond acceptors (Lipinski definition) is 9. The lowest BCUT2D eigenvalue weighted by Crippen LogP contribution is -2.35. The summed E-state index contributed by atoms with van der Waals surface area (Å²) in [5.74, 6) is -0.276. The predicted molar refractivity (Wildman–Crippen MR) is 119 cm³/mol. The highest BCUT2D eigenvalue weighted by molar-refractivity contribution is 5.97. The Bertz CT molecular complexity index is 1170. The van der Waals surface area contributed by atoms with E-state index in [1.807, 2.05) is 32.9 Å². The Morgan fingerprint density at radius 1 is 1.27 bits per heavy atom. The molecule has 4 rings (SSSR count). The molecule has 0 saturated carbocycles.